The highest BCUT2D eigenvalue weighted by molar-refractivity contribution is 5.87. The molecule has 0 bridgehead atoms. The Morgan fingerprint density at radius 1 is 1.16 bits per heavy atom. The number of piperazine rings is 1. The molecule has 0 aromatic heterocycles. The van der Waals surface area contributed by atoms with E-state index in [0.717, 1.165) is 0 Å². The third-order valence-electron chi connectivity index (χ3n) is 2.83. The maximum Gasteiger partial charge on any atom is 0.401 e. The van der Waals surface area contributed by atoms with Gasteiger partial charge in [-0.15, -0.1) is 0 Å². The number of primary amides is 1. The van der Waals surface area contributed by atoms with Crippen molar-refractivity contribution in [2.24, 2.45) is 11.5 Å². The van der Waals surface area contributed by atoms with Gasteiger partial charge in [-0.1, -0.05) is 0 Å². The number of carbonyl (C=O) groups excluding carboxylic acids is 2. The summed E-state index contributed by atoms with van der Waals surface area (Å²) < 4.78 is 36.5. The van der Waals surface area contributed by atoms with E-state index in [1.165, 1.54) is 9.80 Å². The maximum atomic E-state index is 12.2. The van der Waals surface area contributed by atoms with Gasteiger partial charge in [-0.05, 0) is 0 Å². The zero-order valence-corrected chi connectivity index (χ0v) is 10.3. The highest BCUT2D eigenvalue weighted by Crippen LogP contribution is 2.17. The Morgan fingerprint density at radius 3 is 2.11 bits per heavy atom. The Kier molecular flexibility index (Phi) is 5.12. The molecule has 1 rings (SSSR count). The van der Waals surface area contributed by atoms with E-state index in [-0.39, 0.29) is 32.6 Å². The lowest BCUT2D eigenvalue weighted by molar-refractivity contribution is -0.152. The van der Waals surface area contributed by atoms with Gasteiger partial charge in [0.25, 0.3) is 0 Å². The number of hydrogen-bond donors (Lipinski definition) is 2. The highest BCUT2D eigenvalue weighted by Gasteiger charge is 2.33. The van der Waals surface area contributed by atoms with Crippen molar-refractivity contribution >= 4 is 11.8 Å². The fraction of sp³-hybridized carbons (Fsp3) is 0.800. The summed E-state index contributed by atoms with van der Waals surface area (Å²) in [7, 11) is 0. The predicted octanol–water partition coefficient (Wildman–Crippen LogP) is -1.10. The second-order valence-corrected chi connectivity index (χ2v) is 4.49. The van der Waals surface area contributed by atoms with Crippen LogP contribution in [-0.2, 0) is 9.59 Å². The molecule has 1 aliphatic heterocycles. The summed E-state index contributed by atoms with van der Waals surface area (Å²) in [6.45, 7) is -0.381. The minimum Gasteiger partial charge on any atom is -0.370 e. The van der Waals surface area contributed by atoms with E-state index in [4.69, 9.17) is 11.5 Å². The molecule has 110 valence electrons. The zero-order valence-electron chi connectivity index (χ0n) is 10.3. The molecular formula is C10H17F3N4O2. The monoisotopic (exact) mass is 282 g/mol. The first-order valence-corrected chi connectivity index (χ1v) is 5.81. The Bertz CT molecular complexity index is 340. The molecule has 0 aromatic carbocycles. The lowest BCUT2D eigenvalue weighted by Gasteiger charge is -2.35. The summed E-state index contributed by atoms with van der Waals surface area (Å²) >= 11 is 0. The standard InChI is InChI=1S/C10H17F3N4O2/c11-10(12,13)6-16-1-3-17(4-2-16)9(19)7(14)5-8(15)18/h7H,1-6,14H2,(H2,15,18). The molecule has 0 radical (unpaired) electrons. The van der Waals surface area contributed by atoms with Gasteiger partial charge < -0.3 is 16.4 Å². The Labute approximate surface area is 108 Å². The molecule has 0 aromatic rings. The van der Waals surface area contributed by atoms with E-state index in [9.17, 15) is 22.8 Å². The second kappa shape index (κ2) is 6.20. The highest BCUT2D eigenvalue weighted by atomic mass is 19.4. The van der Waals surface area contributed by atoms with Gasteiger partial charge in [0.2, 0.25) is 11.8 Å². The molecule has 1 atom stereocenters. The number of hydrogen-bond acceptors (Lipinski definition) is 4. The topological polar surface area (TPSA) is 92.7 Å². The Balaban J connectivity index is 2.41. The summed E-state index contributed by atoms with van der Waals surface area (Å²) in [5.41, 5.74) is 10.4. The normalized spacial score (nSPS) is 19.3. The number of carbonyl (C=O) groups is 2. The molecule has 1 aliphatic rings. The molecule has 6 nitrogen and oxygen atoms in total. The van der Waals surface area contributed by atoms with Gasteiger partial charge in [0.05, 0.1) is 19.0 Å². The molecule has 1 fully saturated rings. The van der Waals surface area contributed by atoms with E-state index >= 15 is 0 Å². The third-order valence-corrected chi connectivity index (χ3v) is 2.83. The van der Waals surface area contributed by atoms with Crippen LogP contribution < -0.4 is 11.5 Å². The smallest absolute Gasteiger partial charge is 0.370 e. The van der Waals surface area contributed by atoms with Gasteiger partial charge in [0, 0.05) is 26.2 Å². The van der Waals surface area contributed by atoms with Gasteiger partial charge >= 0.3 is 6.18 Å². The largest absolute Gasteiger partial charge is 0.401 e. The minimum absolute atomic E-state index is 0.133. The van der Waals surface area contributed by atoms with Crippen LogP contribution >= 0.6 is 0 Å². The van der Waals surface area contributed by atoms with Crippen molar-refractivity contribution in [3.63, 3.8) is 0 Å². The minimum atomic E-state index is -4.24. The number of amides is 2. The van der Waals surface area contributed by atoms with Crippen LogP contribution in [-0.4, -0.2) is 66.6 Å². The molecule has 1 heterocycles. The summed E-state index contributed by atoms with van der Waals surface area (Å²) in [6.07, 6.45) is -4.50. The Morgan fingerprint density at radius 2 is 1.68 bits per heavy atom. The van der Waals surface area contributed by atoms with Crippen LogP contribution in [0.2, 0.25) is 0 Å². The van der Waals surface area contributed by atoms with Crippen molar-refractivity contribution in [3.8, 4) is 0 Å². The summed E-state index contributed by atoms with van der Waals surface area (Å²) in [5, 5.41) is 0. The van der Waals surface area contributed by atoms with E-state index in [1.54, 1.807) is 0 Å². The van der Waals surface area contributed by atoms with E-state index in [0.29, 0.717) is 0 Å². The van der Waals surface area contributed by atoms with E-state index in [2.05, 4.69) is 0 Å². The van der Waals surface area contributed by atoms with E-state index in [1.807, 2.05) is 0 Å². The van der Waals surface area contributed by atoms with Crippen LogP contribution in [0.15, 0.2) is 0 Å². The number of alkyl halides is 3. The van der Waals surface area contributed by atoms with E-state index < -0.39 is 30.6 Å². The molecule has 9 heteroatoms. The molecular weight excluding hydrogens is 265 g/mol. The van der Waals surface area contributed by atoms with Crippen LogP contribution in [0.4, 0.5) is 13.2 Å². The maximum absolute atomic E-state index is 12.2. The first-order valence-electron chi connectivity index (χ1n) is 5.81. The average molecular weight is 282 g/mol. The zero-order chi connectivity index (χ0) is 14.6. The van der Waals surface area contributed by atoms with Gasteiger partial charge in [-0.3, -0.25) is 14.5 Å². The number of halogens is 3. The summed E-state index contributed by atoms with van der Waals surface area (Å²) in [6, 6.07) is -1.02. The lowest BCUT2D eigenvalue weighted by atomic mass is 10.1. The third kappa shape index (κ3) is 5.43. The number of nitrogens with zero attached hydrogens (tertiary/aromatic N) is 2. The Hall–Kier alpha value is -1.35. The summed E-state index contributed by atoms with van der Waals surface area (Å²) in [5.74, 6) is -1.14. The van der Waals surface area contributed by atoms with Crippen molar-refractivity contribution < 1.29 is 22.8 Å². The van der Waals surface area contributed by atoms with Crippen molar-refractivity contribution in [2.75, 3.05) is 32.7 Å². The van der Waals surface area contributed by atoms with Crippen molar-refractivity contribution in [3.05, 3.63) is 0 Å². The van der Waals surface area contributed by atoms with Crippen LogP contribution in [0.25, 0.3) is 0 Å². The quantitative estimate of drug-likeness (QED) is 0.684. The van der Waals surface area contributed by atoms with Crippen molar-refractivity contribution in [2.45, 2.75) is 18.6 Å². The molecule has 19 heavy (non-hydrogen) atoms. The van der Waals surface area contributed by atoms with Gasteiger partial charge in [0.1, 0.15) is 0 Å². The molecule has 1 unspecified atom stereocenters. The predicted molar refractivity (Wildman–Crippen MR) is 60.9 cm³/mol. The van der Waals surface area contributed by atoms with Crippen molar-refractivity contribution in [1.82, 2.24) is 9.80 Å². The summed E-state index contributed by atoms with van der Waals surface area (Å²) in [4.78, 5) is 25.0. The van der Waals surface area contributed by atoms with Crippen LogP contribution in [0.3, 0.4) is 0 Å². The van der Waals surface area contributed by atoms with Crippen LogP contribution in [0.5, 0.6) is 0 Å². The second-order valence-electron chi connectivity index (χ2n) is 4.49. The molecule has 0 saturated carbocycles. The van der Waals surface area contributed by atoms with Crippen LogP contribution in [0.1, 0.15) is 6.42 Å². The molecule has 1 saturated heterocycles. The van der Waals surface area contributed by atoms with Gasteiger partial charge in [0.15, 0.2) is 0 Å². The molecule has 0 aliphatic carbocycles. The van der Waals surface area contributed by atoms with Gasteiger partial charge in [-0.25, -0.2) is 0 Å². The lowest BCUT2D eigenvalue weighted by Crippen LogP contribution is -2.54. The van der Waals surface area contributed by atoms with Gasteiger partial charge in [-0.2, -0.15) is 13.2 Å². The SMILES string of the molecule is NC(=O)CC(N)C(=O)N1CCN(CC(F)(F)F)CC1. The fourth-order valence-electron chi connectivity index (χ4n) is 1.92. The number of rotatable bonds is 4. The molecule has 0 spiro atoms. The average Bonchev–Trinajstić information content (AvgIpc) is 2.26. The first kappa shape index (κ1) is 15.7. The number of nitrogens with two attached hydrogens (primary N) is 2. The molecule has 4 N–H and O–H groups in total. The van der Waals surface area contributed by atoms with Crippen LogP contribution in [0, 0.1) is 0 Å². The fourth-order valence-corrected chi connectivity index (χ4v) is 1.92. The molecule has 2 amide bonds. The van der Waals surface area contributed by atoms with Crippen molar-refractivity contribution in [1.29, 1.82) is 0 Å². The first-order chi connectivity index (χ1) is 8.69.